The monoisotopic (exact) mass is 400 g/mol. The summed E-state index contributed by atoms with van der Waals surface area (Å²) in [5.74, 6) is 0.333. The minimum atomic E-state index is -0.475. The topological polar surface area (TPSA) is 98.5 Å². The number of nitrogens with one attached hydrogen (secondary N) is 1. The number of ether oxygens (including phenoxy) is 1. The molecule has 0 bridgehead atoms. The number of carbonyl (C=O) groups is 3. The first-order valence-corrected chi connectivity index (χ1v) is 10.4. The molecule has 6 nitrogen and oxygen atoms in total. The fourth-order valence-electron chi connectivity index (χ4n) is 4.75. The summed E-state index contributed by atoms with van der Waals surface area (Å²) in [6, 6.07) is 7.33. The van der Waals surface area contributed by atoms with Gasteiger partial charge in [-0.3, -0.25) is 9.59 Å². The van der Waals surface area contributed by atoms with Crippen LogP contribution in [0.2, 0.25) is 0 Å². The first-order chi connectivity index (χ1) is 13.5. The van der Waals surface area contributed by atoms with Crippen LogP contribution < -0.4 is 11.1 Å². The van der Waals surface area contributed by atoms with Crippen LogP contribution in [0.5, 0.6) is 0 Å². The summed E-state index contributed by atoms with van der Waals surface area (Å²) in [5, 5.41) is 2.94. The number of alkyl carbamates (subject to hydrolysis) is 1. The maximum absolute atomic E-state index is 12.3. The number of carbonyl (C=O) groups excluding carboxylic acids is 3. The molecule has 2 aliphatic rings. The van der Waals surface area contributed by atoms with Crippen LogP contribution in [0.1, 0.15) is 75.2 Å². The fourth-order valence-corrected chi connectivity index (χ4v) is 4.75. The summed E-state index contributed by atoms with van der Waals surface area (Å²) < 4.78 is 5.30. The normalized spacial score (nSPS) is 25.6. The Morgan fingerprint density at radius 1 is 1.10 bits per heavy atom. The third-order valence-electron chi connectivity index (χ3n) is 5.97. The Morgan fingerprint density at radius 2 is 1.72 bits per heavy atom. The number of hydrogen-bond donors (Lipinski definition) is 2. The lowest BCUT2D eigenvalue weighted by Crippen LogP contribution is -2.56. The fraction of sp³-hybridized carbons (Fsp3) is 0.609. The molecule has 2 amide bonds. The molecule has 2 aliphatic carbocycles. The van der Waals surface area contributed by atoms with Crippen molar-refractivity contribution in [3.8, 4) is 0 Å². The number of hydrogen-bond acceptors (Lipinski definition) is 4. The average Bonchev–Trinajstić information content (AvgIpc) is 2.54. The van der Waals surface area contributed by atoms with Crippen LogP contribution in [-0.2, 0) is 16.0 Å². The summed E-state index contributed by atoms with van der Waals surface area (Å²) in [6.45, 7) is 5.58. The molecule has 0 radical (unpaired) electrons. The molecule has 1 aromatic rings. The van der Waals surface area contributed by atoms with Gasteiger partial charge in [0.25, 0.3) is 0 Å². The van der Waals surface area contributed by atoms with E-state index in [1.54, 1.807) is 12.1 Å². The van der Waals surface area contributed by atoms with Gasteiger partial charge in [0, 0.05) is 24.4 Å². The predicted molar refractivity (Wildman–Crippen MR) is 110 cm³/mol. The maximum Gasteiger partial charge on any atom is 0.407 e. The molecule has 0 aliphatic heterocycles. The van der Waals surface area contributed by atoms with E-state index in [2.05, 4.69) is 5.32 Å². The average molecular weight is 401 g/mol. The highest BCUT2D eigenvalue weighted by Crippen LogP contribution is 2.59. The van der Waals surface area contributed by atoms with Crippen molar-refractivity contribution in [3.05, 3.63) is 35.4 Å². The van der Waals surface area contributed by atoms with Crippen molar-refractivity contribution >= 4 is 17.8 Å². The van der Waals surface area contributed by atoms with E-state index in [4.69, 9.17) is 10.5 Å². The van der Waals surface area contributed by atoms with Gasteiger partial charge < -0.3 is 15.8 Å². The molecule has 2 fully saturated rings. The summed E-state index contributed by atoms with van der Waals surface area (Å²) in [5.41, 5.74) is 6.62. The maximum atomic E-state index is 12.3. The smallest absolute Gasteiger partial charge is 0.407 e. The third-order valence-corrected chi connectivity index (χ3v) is 5.97. The molecule has 3 rings (SSSR count). The molecule has 1 aromatic carbocycles. The summed E-state index contributed by atoms with van der Waals surface area (Å²) in [7, 11) is 0. The van der Waals surface area contributed by atoms with Gasteiger partial charge in [0.1, 0.15) is 11.4 Å². The molecule has 29 heavy (non-hydrogen) atoms. The second kappa shape index (κ2) is 8.17. The van der Waals surface area contributed by atoms with Gasteiger partial charge in [-0.25, -0.2) is 4.79 Å². The summed E-state index contributed by atoms with van der Waals surface area (Å²) >= 11 is 0. The minimum absolute atomic E-state index is 0.199. The van der Waals surface area contributed by atoms with Crippen LogP contribution in [0, 0.1) is 11.3 Å². The SMILES string of the molecule is CC(C)(C)OC(=O)NC1CC2(CC(CC(=O)CCc3ccc(C(N)=O)cc3)C2)C1. The van der Waals surface area contributed by atoms with Crippen molar-refractivity contribution in [3.63, 3.8) is 0 Å². The number of rotatable bonds is 7. The minimum Gasteiger partial charge on any atom is -0.444 e. The Bertz CT molecular complexity index is 765. The summed E-state index contributed by atoms with van der Waals surface area (Å²) in [4.78, 5) is 35.2. The summed E-state index contributed by atoms with van der Waals surface area (Å²) in [6.07, 6.45) is 5.67. The second-order valence-electron chi connectivity index (χ2n) is 9.83. The lowest BCUT2D eigenvalue weighted by atomic mass is 9.49. The quantitative estimate of drug-likeness (QED) is 0.728. The first kappa shape index (κ1) is 21.3. The van der Waals surface area contributed by atoms with Crippen molar-refractivity contribution in [2.24, 2.45) is 17.1 Å². The van der Waals surface area contributed by atoms with Gasteiger partial charge in [0.05, 0.1) is 0 Å². The molecule has 2 saturated carbocycles. The highest BCUT2D eigenvalue weighted by atomic mass is 16.6. The van der Waals surface area contributed by atoms with Crippen LogP contribution in [0.4, 0.5) is 4.79 Å². The Balaban J connectivity index is 1.31. The van der Waals surface area contributed by atoms with Gasteiger partial charge in [-0.05, 0) is 81.9 Å². The molecule has 0 saturated heterocycles. The van der Waals surface area contributed by atoms with E-state index in [1.165, 1.54) is 0 Å². The van der Waals surface area contributed by atoms with Crippen molar-refractivity contribution in [2.75, 3.05) is 0 Å². The van der Waals surface area contributed by atoms with Gasteiger partial charge in [0.15, 0.2) is 0 Å². The number of nitrogens with two attached hydrogens (primary N) is 1. The van der Waals surface area contributed by atoms with Crippen molar-refractivity contribution in [1.29, 1.82) is 0 Å². The van der Waals surface area contributed by atoms with Gasteiger partial charge in [0.2, 0.25) is 5.91 Å². The molecule has 158 valence electrons. The van der Waals surface area contributed by atoms with Crippen LogP contribution in [0.25, 0.3) is 0 Å². The third kappa shape index (κ3) is 5.81. The number of aryl methyl sites for hydroxylation is 1. The second-order valence-corrected chi connectivity index (χ2v) is 9.83. The zero-order valence-corrected chi connectivity index (χ0v) is 17.6. The number of ketones is 1. The van der Waals surface area contributed by atoms with Gasteiger partial charge in [-0.1, -0.05) is 12.1 Å². The molecule has 0 atom stereocenters. The Kier molecular flexibility index (Phi) is 6.01. The first-order valence-electron chi connectivity index (χ1n) is 10.4. The van der Waals surface area contributed by atoms with E-state index in [0.29, 0.717) is 41.9 Å². The molecule has 0 heterocycles. The van der Waals surface area contributed by atoms with Crippen LogP contribution in [-0.4, -0.2) is 29.4 Å². The molecule has 1 spiro atoms. The Labute approximate surface area is 172 Å². The standard InChI is InChI=1S/C23H32N2O4/c1-22(2,3)29-21(28)25-18-13-23(14-18)11-16(12-23)10-19(26)9-6-15-4-7-17(8-5-15)20(24)27/h4-5,7-8,16,18H,6,9-14H2,1-3H3,(H2,24,27)(H,25,28). The van der Waals surface area contributed by atoms with Crippen LogP contribution in [0.15, 0.2) is 24.3 Å². The largest absolute Gasteiger partial charge is 0.444 e. The molecule has 0 unspecified atom stereocenters. The van der Waals surface area contributed by atoms with Crippen LogP contribution >= 0.6 is 0 Å². The molecule has 3 N–H and O–H groups in total. The van der Waals surface area contributed by atoms with E-state index in [1.807, 2.05) is 32.9 Å². The van der Waals surface area contributed by atoms with Gasteiger partial charge in [-0.15, -0.1) is 0 Å². The zero-order valence-electron chi connectivity index (χ0n) is 17.6. The lowest BCUT2D eigenvalue weighted by molar-refractivity contribution is -0.124. The van der Waals surface area contributed by atoms with Gasteiger partial charge in [-0.2, -0.15) is 0 Å². The highest BCUT2D eigenvalue weighted by molar-refractivity contribution is 5.92. The van der Waals surface area contributed by atoms with E-state index < -0.39 is 11.5 Å². The van der Waals surface area contributed by atoms with Crippen molar-refractivity contribution in [1.82, 2.24) is 5.32 Å². The zero-order chi connectivity index (χ0) is 21.2. The van der Waals surface area contributed by atoms with Crippen molar-refractivity contribution < 1.29 is 19.1 Å². The Hall–Kier alpha value is -2.37. The molecule has 6 heteroatoms. The molecule has 0 aromatic heterocycles. The number of primary amides is 1. The van der Waals surface area contributed by atoms with E-state index in [-0.39, 0.29) is 12.1 Å². The van der Waals surface area contributed by atoms with E-state index in [9.17, 15) is 14.4 Å². The van der Waals surface area contributed by atoms with Gasteiger partial charge >= 0.3 is 6.09 Å². The van der Waals surface area contributed by atoms with Crippen molar-refractivity contribution in [2.45, 2.75) is 77.4 Å². The molecular weight excluding hydrogens is 368 g/mol. The number of amides is 2. The number of Topliss-reactive ketones (excluding diaryl/α,β-unsaturated/α-hetero) is 1. The Morgan fingerprint density at radius 3 is 2.28 bits per heavy atom. The number of benzene rings is 1. The predicted octanol–water partition coefficient (Wildman–Crippen LogP) is 3.76. The lowest BCUT2D eigenvalue weighted by Gasteiger charge is -2.57. The highest BCUT2D eigenvalue weighted by Gasteiger charge is 2.53. The molecular formula is C23H32N2O4. The van der Waals surface area contributed by atoms with E-state index >= 15 is 0 Å². The van der Waals surface area contributed by atoms with Crippen LogP contribution in [0.3, 0.4) is 0 Å². The van der Waals surface area contributed by atoms with E-state index in [0.717, 1.165) is 31.2 Å².